The number of aryl methyl sites for hydroxylation is 2. The van der Waals surface area contributed by atoms with E-state index in [9.17, 15) is 9.59 Å². The highest BCUT2D eigenvalue weighted by atomic mass is 16.4. The number of aliphatic carboxylic acids is 2. The predicted molar refractivity (Wildman–Crippen MR) is 72.9 cm³/mol. The number of hydrogen-bond donors (Lipinski definition) is 2. The first-order valence-electron chi connectivity index (χ1n) is 6.31. The molecule has 5 nitrogen and oxygen atoms in total. The average molecular weight is 276 g/mol. The van der Waals surface area contributed by atoms with Crippen molar-refractivity contribution >= 4 is 22.9 Å². The van der Waals surface area contributed by atoms with Crippen molar-refractivity contribution in [2.75, 3.05) is 0 Å². The van der Waals surface area contributed by atoms with Crippen molar-refractivity contribution in [3.8, 4) is 0 Å². The Morgan fingerprint density at radius 3 is 2.30 bits per heavy atom. The molecule has 0 spiro atoms. The maximum absolute atomic E-state index is 10.9. The fraction of sp³-hybridized carbons (Fsp3) is 0.333. The van der Waals surface area contributed by atoms with Gasteiger partial charge in [0, 0.05) is 11.3 Å². The molecule has 0 aliphatic heterocycles. The summed E-state index contributed by atoms with van der Waals surface area (Å²) in [4.78, 5) is 21.8. The first-order valence-corrected chi connectivity index (χ1v) is 6.31. The van der Waals surface area contributed by atoms with Crippen molar-refractivity contribution in [2.45, 2.75) is 32.6 Å². The van der Waals surface area contributed by atoms with Crippen LogP contribution in [0.25, 0.3) is 11.0 Å². The van der Waals surface area contributed by atoms with Gasteiger partial charge in [-0.05, 0) is 37.1 Å². The van der Waals surface area contributed by atoms with Gasteiger partial charge in [-0.1, -0.05) is 6.07 Å². The summed E-state index contributed by atoms with van der Waals surface area (Å²) < 4.78 is 5.56. The molecule has 0 bridgehead atoms. The molecule has 106 valence electrons. The van der Waals surface area contributed by atoms with Crippen LogP contribution in [-0.2, 0) is 9.59 Å². The van der Waals surface area contributed by atoms with E-state index < -0.39 is 17.9 Å². The van der Waals surface area contributed by atoms with Gasteiger partial charge >= 0.3 is 11.9 Å². The zero-order valence-corrected chi connectivity index (χ0v) is 11.3. The van der Waals surface area contributed by atoms with Gasteiger partial charge in [0.2, 0.25) is 0 Å². The lowest BCUT2D eigenvalue weighted by atomic mass is 9.91. The second-order valence-electron chi connectivity index (χ2n) is 4.93. The van der Waals surface area contributed by atoms with Crippen molar-refractivity contribution < 1.29 is 24.2 Å². The van der Waals surface area contributed by atoms with Gasteiger partial charge in [-0.15, -0.1) is 0 Å². The van der Waals surface area contributed by atoms with Crippen LogP contribution in [0.5, 0.6) is 0 Å². The van der Waals surface area contributed by atoms with Crippen LogP contribution in [-0.4, -0.2) is 22.2 Å². The monoisotopic (exact) mass is 276 g/mol. The van der Waals surface area contributed by atoms with E-state index in [1.54, 1.807) is 12.1 Å². The van der Waals surface area contributed by atoms with E-state index in [1.807, 2.05) is 19.9 Å². The molecular weight excluding hydrogens is 260 g/mol. The van der Waals surface area contributed by atoms with Crippen LogP contribution < -0.4 is 0 Å². The molecule has 0 saturated heterocycles. The zero-order chi connectivity index (χ0) is 14.9. The molecule has 0 aliphatic carbocycles. The van der Waals surface area contributed by atoms with Crippen molar-refractivity contribution in [1.82, 2.24) is 0 Å². The fourth-order valence-corrected chi connectivity index (χ4v) is 2.34. The molecule has 0 aliphatic rings. The number of hydrogen-bond acceptors (Lipinski definition) is 3. The van der Waals surface area contributed by atoms with Crippen molar-refractivity contribution in [2.24, 2.45) is 0 Å². The maximum atomic E-state index is 10.9. The summed E-state index contributed by atoms with van der Waals surface area (Å²) in [5.41, 5.74) is 2.44. The highest BCUT2D eigenvalue weighted by molar-refractivity contribution is 5.83. The van der Waals surface area contributed by atoms with Gasteiger partial charge in [0.15, 0.2) is 0 Å². The third kappa shape index (κ3) is 2.82. The molecule has 1 heterocycles. The Morgan fingerprint density at radius 1 is 1.15 bits per heavy atom. The second kappa shape index (κ2) is 5.36. The fourth-order valence-electron chi connectivity index (χ4n) is 2.34. The number of carbonyl (C=O) groups is 2. The van der Waals surface area contributed by atoms with E-state index in [0.717, 1.165) is 22.3 Å². The summed E-state index contributed by atoms with van der Waals surface area (Å²) in [7, 11) is 0. The maximum Gasteiger partial charge on any atom is 0.303 e. The minimum atomic E-state index is -1.00. The number of furan rings is 1. The van der Waals surface area contributed by atoms with E-state index >= 15 is 0 Å². The SMILES string of the molecule is Cc1oc2ccc(C(CC(=O)O)CC(=O)O)cc2c1C. The molecule has 5 heteroatoms. The third-order valence-corrected chi connectivity index (χ3v) is 3.51. The van der Waals surface area contributed by atoms with E-state index in [0.29, 0.717) is 5.56 Å². The molecule has 0 amide bonds. The third-order valence-electron chi connectivity index (χ3n) is 3.51. The zero-order valence-electron chi connectivity index (χ0n) is 11.3. The first-order chi connectivity index (χ1) is 9.38. The van der Waals surface area contributed by atoms with Crippen molar-refractivity contribution in [3.05, 3.63) is 35.1 Å². The van der Waals surface area contributed by atoms with Crippen LogP contribution in [0.2, 0.25) is 0 Å². The lowest BCUT2D eigenvalue weighted by Gasteiger charge is -2.13. The van der Waals surface area contributed by atoms with E-state index in [-0.39, 0.29) is 12.8 Å². The van der Waals surface area contributed by atoms with E-state index in [4.69, 9.17) is 14.6 Å². The molecule has 0 atom stereocenters. The lowest BCUT2D eigenvalue weighted by Crippen LogP contribution is -2.11. The first kappa shape index (κ1) is 14.1. The Morgan fingerprint density at radius 2 is 1.75 bits per heavy atom. The molecule has 0 fully saturated rings. The molecular formula is C15H16O5. The van der Waals surface area contributed by atoms with Gasteiger partial charge in [-0.25, -0.2) is 0 Å². The standard InChI is InChI=1S/C15H16O5/c1-8-9(2)20-13-4-3-10(5-12(8)13)11(6-14(16)17)7-15(18)19/h3-5,11H,6-7H2,1-2H3,(H,16,17)(H,18,19). The number of rotatable bonds is 5. The molecule has 2 N–H and O–H groups in total. The van der Waals surface area contributed by atoms with Gasteiger partial charge in [-0.2, -0.15) is 0 Å². The van der Waals surface area contributed by atoms with Gasteiger partial charge in [0.25, 0.3) is 0 Å². The molecule has 1 aromatic carbocycles. The Labute approximate surface area is 115 Å². The molecule has 2 rings (SSSR count). The summed E-state index contributed by atoms with van der Waals surface area (Å²) in [6.07, 6.45) is -0.401. The Kier molecular flexibility index (Phi) is 3.79. The Bertz CT molecular complexity index is 652. The highest BCUT2D eigenvalue weighted by Crippen LogP contribution is 2.30. The predicted octanol–water partition coefficient (Wildman–Crippen LogP) is 3.08. The number of fused-ring (bicyclic) bond motifs is 1. The normalized spacial score (nSPS) is 11.2. The van der Waals surface area contributed by atoms with E-state index in [1.165, 1.54) is 0 Å². The largest absolute Gasteiger partial charge is 0.481 e. The van der Waals surface area contributed by atoms with Crippen LogP contribution in [0.15, 0.2) is 22.6 Å². The second-order valence-corrected chi connectivity index (χ2v) is 4.93. The molecule has 1 aromatic heterocycles. The van der Waals surface area contributed by atoms with Gasteiger partial charge < -0.3 is 14.6 Å². The van der Waals surface area contributed by atoms with E-state index in [2.05, 4.69) is 0 Å². The molecule has 0 radical (unpaired) electrons. The molecule has 2 aromatic rings. The van der Waals surface area contributed by atoms with Gasteiger partial charge in [0.1, 0.15) is 11.3 Å². The topological polar surface area (TPSA) is 87.7 Å². The minimum absolute atomic E-state index is 0.201. The van der Waals surface area contributed by atoms with Crippen molar-refractivity contribution in [3.63, 3.8) is 0 Å². The van der Waals surface area contributed by atoms with Crippen LogP contribution in [0, 0.1) is 13.8 Å². The summed E-state index contributed by atoms with van der Waals surface area (Å²) >= 11 is 0. The van der Waals surface area contributed by atoms with Gasteiger partial charge in [-0.3, -0.25) is 9.59 Å². The van der Waals surface area contributed by atoms with Crippen LogP contribution in [0.3, 0.4) is 0 Å². The number of carboxylic acid groups (broad SMARTS) is 2. The molecule has 20 heavy (non-hydrogen) atoms. The molecule has 0 unspecified atom stereocenters. The lowest BCUT2D eigenvalue weighted by molar-refractivity contribution is -0.139. The quantitative estimate of drug-likeness (QED) is 0.876. The Hall–Kier alpha value is -2.30. The summed E-state index contributed by atoms with van der Waals surface area (Å²) in [5.74, 6) is -1.73. The van der Waals surface area contributed by atoms with Crippen LogP contribution >= 0.6 is 0 Å². The minimum Gasteiger partial charge on any atom is -0.481 e. The Balaban J connectivity index is 2.44. The molecule has 0 saturated carbocycles. The summed E-state index contributed by atoms with van der Waals surface area (Å²) in [6.45, 7) is 3.79. The highest BCUT2D eigenvalue weighted by Gasteiger charge is 2.20. The van der Waals surface area contributed by atoms with Gasteiger partial charge in [0.05, 0.1) is 12.8 Å². The van der Waals surface area contributed by atoms with Crippen LogP contribution in [0.1, 0.15) is 35.6 Å². The van der Waals surface area contributed by atoms with Crippen LogP contribution in [0.4, 0.5) is 0 Å². The van der Waals surface area contributed by atoms with Crippen molar-refractivity contribution in [1.29, 1.82) is 0 Å². The number of carboxylic acids is 2. The number of benzene rings is 1. The summed E-state index contributed by atoms with van der Waals surface area (Å²) in [5, 5.41) is 18.7. The smallest absolute Gasteiger partial charge is 0.303 e. The average Bonchev–Trinajstić information content (AvgIpc) is 2.63. The summed E-state index contributed by atoms with van der Waals surface area (Å²) in [6, 6.07) is 5.33.